The number of methoxy groups -OCH3 is 1. The maximum atomic E-state index is 6.04. The molecule has 1 heterocycles. The van der Waals surface area contributed by atoms with Crippen molar-refractivity contribution in [3.8, 4) is 0 Å². The molecule has 0 unspecified atom stereocenters. The Hall–Kier alpha value is -0.910. The minimum Gasteiger partial charge on any atom is -0.383 e. The molecule has 1 aromatic rings. The molecule has 2 N–H and O–H groups in total. The van der Waals surface area contributed by atoms with Gasteiger partial charge in [-0.3, -0.25) is 0 Å². The van der Waals surface area contributed by atoms with E-state index >= 15 is 0 Å². The second-order valence-corrected chi connectivity index (χ2v) is 3.72. The van der Waals surface area contributed by atoms with Crippen LogP contribution in [-0.2, 0) is 4.74 Å². The molecule has 5 nitrogen and oxygen atoms in total. The highest BCUT2D eigenvalue weighted by Gasteiger charge is 2.10. The molecule has 0 bridgehead atoms. The zero-order valence-electron chi connectivity index (χ0n) is 9.40. The topological polar surface area (TPSA) is 64.3 Å². The SMILES string of the molecule is COCCN(CCCN)c1ncncc1Cl. The number of hydrogen-bond donors (Lipinski definition) is 1. The summed E-state index contributed by atoms with van der Waals surface area (Å²) in [4.78, 5) is 10.1. The van der Waals surface area contributed by atoms with Crippen molar-refractivity contribution in [1.29, 1.82) is 0 Å². The van der Waals surface area contributed by atoms with Crippen molar-refractivity contribution < 1.29 is 4.74 Å². The number of rotatable bonds is 7. The van der Waals surface area contributed by atoms with Gasteiger partial charge in [-0.15, -0.1) is 0 Å². The molecule has 0 aliphatic rings. The number of anilines is 1. The van der Waals surface area contributed by atoms with Crippen LogP contribution in [0.15, 0.2) is 12.5 Å². The van der Waals surface area contributed by atoms with Gasteiger partial charge in [0.25, 0.3) is 0 Å². The predicted molar refractivity (Wildman–Crippen MR) is 64.8 cm³/mol. The van der Waals surface area contributed by atoms with Crippen LogP contribution in [-0.4, -0.2) is 43.3 Å². The van der Waals surface area contributed by atoms with Crippen LogP contribution in [0.1, 0.15) is 6.42 Å². The van der Waals surface area contributed by atoms with E-state index in [0.29, 0.717) is 18.2 Å². The standard InChI is InChI=1S/C10H17ClN4O/c1-16-6-5-15(4-2-3-12)10-9(11)7-13-8-14-10/h7-8H,2-6,12H2,1H3. The van der Waals surface area contributed by atoms with Gasteiger partial charge in [0.05, 0.1) is 12.8 Å². The van der Waals surface area contributed by atoms with E-state index in [-0.39, 0.29) is 0 Å². The van der Waals surface area contributed by atoms with Crippen molar-refractivity contribution in [2.45, 2.75) is 6.42 Å². The first-order valence-corrected chi connectivity index (χ1v) is 5.57. The molecule has 0 fully saturated rings. The second-order valence-electron chi connectivity index (χ2n) is 3.32. The lowest BCUT2D eigenvalue weighted by Crippen LogP contribution is -2.30. The molecule has 6 heteroatoms. The highest BCUT2D eigenvalue weighted by atomic mass is 35.5. The molecule has 0 aliphatic heterocycles. The number of halogens is 1. The highest BCUT2D eigenvalue weighted by molar-refractivity contribution is 6.32. The number of ether oxygens (including phenoxy) is 1. The Labute approximate surface area is 101 Å². The van der Waals surface area contributed by atoms with Gasteiger partial charge < -0.3 is 15.4 Å². The van der Waals surface area contributed by atoms with Crippen molar-refractivity contribution in [2.24, 2.45) is 5.73 Å². The molecule has 16 heavy (non-hydrogen) atoms. The summed E-state index contributed by atoms with van der Waals surface area (Å²) < 4.78 is 5.05. The Bertz CT molecular complexity index is 303. The van der Waals surface area contributed by atoms with E-state index in [4.69, 9.17) is 22.1 Å². The van der Waals surface area contributed by atoms with Crippen LogP contribution in [0.3, 0.4) is 0 Å². The number of aromatic nitrogens is 2. The molecule has 0 saturated heterocycles. The van der Waals surface area contributed by atoms with E-state index in [9.17, 15) is 0 Å². The van der Waals surface area contributed by atoms with Gasteiger partial charge in [0.1, 0.15) is 11.3 Å². The summed E-state index contributed by atoms with van der Waals surface area (Å²) in [5.41, 5.74) is 5.50. The van der Waals surface area contributed by atoms with Crippen molar-refractivity contribution >= 4 is 17.4 Å². The van der Waals surface area contributed by atoms with E-state index in [1.54, 1.807) is 13.3 Å². The third-order valence-corrected chi connectivity index (χ3v) is 2.41. The van der Waals surface area contributed by atoms with Crippen LogP contribution in [0, 0.1) is 0 Å². The van der Waals surface area contributed by atoms with Gasteiger partial charge in [0, 0.05) is 20.2 Å². The number of hydrogen-bond acceptors (Lipinski definition) is 5. The van der Waals surface area contributed by atoms with Gasteiger partial charge >= 0.3 is 0 Å². The zero-order valence-corrected chi connectivity index (χ0v) is 10.2. The summed E-state index contributed by atoms with van der Waals surface area (Å²) in [6.07, 6.45) is 3.97. The van der Waals surface area contributed by atoms with Crippen molar-refractivity contribution in [3.05, 3.63) is 17.5 Å². The molecule has 0 aromatic carbocycles. The summed E-state index contributed by atoms with van der Waals surface area (Å²) in [6.45, 7) is 2.83. The normalized spacial score (nSPS) is 10.4. The Morgan fingerprint density at radius 1 is 1.50 bits per heavy atom. The maximum absolute atomic E-state index is 6.04. The van der Waals surface area contributed by atoms with Gasteiger partial charge in [-0.1, -0.05) is 11.6 Å². The maximum Gasteiger partial charge on any atom is 0.150 e. The molecule has 0 amide bonds. The van der Waals surface area contributed by atoms with Crippen LogP contribution in [0.5, 0.6) is 0 Å². The lowest BCUT2D eigenvalue weighted by molar-refractivity contribution is 0.205. The molecule has 0 spiro atoms. The first-order chi connectivity index (χ1) is 7.79. The fraction of sp³-hybridized carbons (Fsp3) is 0.600. The van der Waals surface area contributed by atoms with E-state index < -0.39 is 0 Å². The van der Waals surface area contributed by atoms with Crippen LogP contribution < -0.4 is 10.6 Å². The summed E-state index contributed by atoms with van der Waals surface area (Å²) >= 11 is 6.04. The molecular formula is C10H17ClN4O. The average molecular weight is 245 g/mol. The van der Waals surface area contributed by atoms with Crippen LogP contribution in [0.4, 0.5) is 5.82 Å². The first-order valence-electron chi connectivity index (χ1n) is 5.19. The minimum atomic E-state index is 0.552. The van der Waals surface area contributed by atoms with Gasteiger partial charge in [0.2, 0.25) is 0 Å². The molecule has 0 radical (unpaired) electrons. The lowest BCUT2D eigenvalue weighted by atomic mass is 10.3. The smallest absolute Gasteiger partial charge is 0.150 e. The monoisotopic (exact) mass is 244 g/mol. The van der Waals surface area contributed by atoms with Gasteiger partial charge in [-0.05, 0) is 13.0 Å². The van der Waals surface area contributed by atoms with Crippen LogP contribution in [0.2, 0.25) is 5.02 Å². The number of nitrogens with zero attached hydrogens (tertiary/aromatic N) is 3. The third-order valence-electron chi connectivity index (χ3n) is 2.15. The molecule has 1 rings (SSSR count). The molecule has 0 atom stereocenters. The van der Waals surface area contributed by atoms with Crippen molar-refractivity contribution in [3.63, 3.8) is 0 Å². The van der Waals surface area contributed by atoms with E-state index in [2.05, 4.69) is 14.9 Å². The first kappa shape index (κ1) is 13.2. The molecule has 90 valence electrons. The van der Waals surface area contributed by atoms with Crippen molar-refractivity contribution in [2.75, 3.05) is 38.3 Å². The predicted octanol–water partition coefficient (Wildman–Crippen LogP) is 0.932. The molecule has 1 aromatic heterocycles. The van der Waals surface area contributed by atoms with Crippen LogP contribution in [0.25, 0.3) is 0 Å². The Kier molecular flexibility index (Phi) is 6.07. The fourth-order valence-corrected chi connectivity index (χ4v) is 1.57. The summed E-state index contributed by atoms with van der Waals surface area (Å²) in [6, 6.07) is 0. The Balaban J connectivity index is 2.70. The summed E-state index contributed by atoms with van der Waals surface area (Å²) in [7, 11) is 1.67. The average Bonchev–Trinajstić information content (AvgIpc) is 2.31. The lowest BCUT2D eigenvalue weighted by Gasteiger charge is -2.23. The van der Waals surface area contributed by atoms with Gasteiger partial charge in [-0.2, -0.15) is 0 Å². The molecule has 0 aliphatic carbocycles. The van der Waals surface area contributed by atoms with Gasteiger partial charge in [-0.25, -0.2) is 9.97 Å². The van der Waals surface area contributed by atoms with Gasteiger partial charge in [0.15, 0.2) is 5.82 Å². The highest BCUT2D eigenvalue weighted by Crippen LogP contribution is 2.21. The van der Waals surface area contributed by atoms with E-state index in [0.717, 1.165) is 25.3 Å². The Morgan fingerprint density at radius 3 is 2.94 bits per heavy atom. The minimum absolute atomic E-state index is 0.552. The van der Waals surface area contributed by atoms with Crippen LogP contribution >= 0.6 is 11.6 Å². The Morgan fingerprint density at radius 2 is 2.31 bits per heavy atom. The third kappa shape index (κ3) is 3.92. The quantitative estimate of drug-likeness (QED) is 0.773. The largest absolute Gasteiger partial charge is 0.383 e. The molecule has 0 saturated carbocycles. The number of nitrogens with two attached hydrogens (primary N) is 1. The second kappa shape index (κ2) is 7.38. The van der Waals surface area contributed by atoms with Crippen molar-refractivity contribution in [1.82, 2.24) is 9.97 Å². The van der Waals surface area contributed by atoms with E-state index in [1.807, 2.05) is 0 Å². The molecular weight excluding hydrogens is 228 g/mol. The van der Waals surface area contributed by atoms with E-state index in [1.165, 1.54) is 6.33 Å². The summed E-state index contributed by atoms with van der Waals surface area (Å²) in [5, 5.41) is 0.552. The fourth-order valence-electron chi connectivity index (χ4n) is 1.35. The zero-order chi connectivity index (χ0) is 11.8. The summed E-state index contributed by atoms with van der Waals surface area (Å²) in [5.74, 6) is 0.738.